The molecule has 0 saturated carbocycles. The molecule has 0 bridgehead atoms. The fourth-order valence-corrected chi connectivity index (χ4v) is 3.04. The molecule has 1 rings (SSSR count). The smallest absolute Gasteiger partial charge is 0.246 e. The molecule has 1 aromatic rings. The Balaban J connectivity index is 2.83. The van der Waals surface area contributed by atoms with E-state index in [0.717, 1.165) is 13.1 Å². The number of rotatable bonds is 10. The van der Waals surface area contributed by atoms with Crippen LogP contribution in [0.1, 0.15) is 6.92 Å². The Labute approximate surface area is 119 Å². The fraction of sp³-hybridized carbons (Fsp3) is 0.583. The van der Waals surface area contributed by atoms with Crippen molar-refractivity contribution in [2.24, 2.45) is 0 Å². The van der Waals surface area contributed by atoms with Gasteiger partial charge in [0, 0.05) is 25.8 Å². The summed E-state index contributed by atoms with van der Waals surface area (Å²) in [4.78, 5) is 0.129. The van der Waals surface area contributed by atoms with Gasteiger partial charge in [-0.15, -0.1) is 6.58 Å². The number of nitrogens with one attached hydrogen (secondary N) is 1. The van der Waals surface area contributed by atoms with Gasteiger partial charge in [0.05, 0.1) is 19.3 Å². The van der Waals surface area contributed by atoms with Crippen LogP contribution < -0.4 is 5.32 Å². The maximum absolute atomic E-state index is 12.4. The van der Waals surface area contributed by atoms with Crippen LogP contribution in [0.5, 0.6) is 0 Å². The highest BCUT2D eigenvalue weighted by molar-refractivity contribution is 7.89. The second-order valence-corrected chi connectivity index (χ2v) is 6.11. The summed E-state index contributed by atoms with van der Waals surface area (Å²) in [6, 6.07) is 0. The summed E-state index contributed by atoms with van der Waals surface area (Å²) < 4.78 is 27.5. The van der Waals surface area contributed by atoms with Gasteiger partial charge in [0.1, 0.15) is 4.90 Å². The Morgan fingerprint density at radius 3 is 2.95 bits per heavy atom. The minimum absolute atomic E-state index is 0.0386. The van der Waals surface area contributed by atoms with Crippen LogP contribution in [0.25, 0.3) is 0 Å². The minimum Gasteiger partial charge on any atom is -0.395 e. The predicted octanol–water partition coefficient (Wildman–Crippen LogP) is -0.338. The fourth-order valence-electron chi connectivity index (χ4n) is 1.68. The average Bonchev–Trinajstić information content (AvgIpc) is 2.88. The SMILES string of the molecule is C=CCN(CCO)S(=O)(=O)c1cnn(CCNCC)c1. The first-order chi connectivity index (χ1) is 9.56. The molecule has 0 saturated heterocycles. The van der Waals surface area contributed by atoms with Crippen LogP contribution >= 0.6 is 0 Å². The van der Waals surface area contributed by atoms with E-state index in [4.69, 9.17) is 5.11 Å². The first-order valence-electron chi connectivity index (χ1n) is 6.51. The molecule has 0 unspecified atom stereocenters. The number of likely N-dealkylation sites (N-methyl/N-ethyl adjacent to an activating group) is 1. The maximum atomic E-state index is 12.4. The second-order valence-electron chi connectivity index (χ2n) is 4.17. The van der Waals surface area contributed by atoms with Crippen LogP contribution in [0, 0.1) is 0 Å². The topological polar surface area (TPSA) is 87.5 Å². The van der Waals surface area contributed by atoms with Gasteiger partial charge in [0.2, 0.25) is 10.0 Å². The van der Waals surface area contributed by atoms with Gasteiger partial charge in [-0.25, -0.2) is 8.42 Å². The first-order valence-corrected chi connectivity index (χ1v) is 7.95. The molecule has 7 nitrogen and oxygen atoms in total. The van der Waals surface area contributed by atoms with E-state index >= 15 is 0 Å². The highest BCUT2D eigenvalue weighted by atomic mass is 32.2. The Morgan fingerprint density at radius 1 is 1.60 bits per heavy atom. The first kappa shape index (κ1) is 16.8. The van der Waals surface area contributed by atoms with Gasteiger partial charge in [0.25, 0.3) is 0 Å². The molecule has 8 heteroatoms. The molecular weight excluding hydrogens is 280 g/mol. The summed E-state index contributed by atoms with van der Waals surface area (Å²) in [5.74, 6) is 0. The molecule has 0 aliphatic carbocycles. The molecule has 0 fully saturated rings. The summed E-state index contributed by atoms with van der Waals surface area (Å²) in [6.07, 6.45) is 4.32. The van der Waals surface area contributed by atoms with Crippen molar-refractivity contribution in [2.75, 3.05) is 32.8 Å². The maximum Gasteiger partial charge on any atom is 0.246 e. The third-order valence-corrected chi connectivity index (χ3v) is 4.52. The number of aliphatic hydroxyl groups is 1. The van der Waals surface area contributed by atoms with Gasteiger partial charge >= 0.3 is 0 Å². The van der Waals surface area contributed by atoms with Crippen LogP contribution in [0.15, 0.2) is 29.9 Å². The third-order valence-electron chi connectivity index (χ3n) is 2.70. The second kappa shape index (κ2) is 8.15. The Morgan fingerprint density at radius 2 is 2.35 bits per heavy atom. The minimum atomic E-state index is -3.64. The van der Waals surface area contributed by atoms with Crippen molar-refractivity contribution < 1.29 is 13.5 Å². The van der Waals surface area contributed by atoms with E-state index in [1.165, 1.54) is 22.8 Å². The Kier molecular flexibility index (Phi) is 6.86. The van der Waals surface area contributed by atoms with Crippen LogP contribution in [-0.4, -0.2) is 60.4 Å². The zero-order valence-corrected chi connectivity index (χ0v) is 12.5. The van der Waals surface area contributed by atoms with Gasteiger partial charge in [-0.3, -0.25) is 4.68 Å². The van der Waals surface area contributed by atoms with E-state index in [9.17, 15) is 8.42 Å². The number of hydrogen-bond donors (Lipinski definition) is 2. The lowest BCUT2D eigenvalue weighted by atomic mass is 10.6. The zero-order valence-electron chi connectivity index (χ0n) is 11.7. The lowest BCUT2D eigenvalue weighted by molar-refractivity contribution is 0.260. The highest BCUT2D eigenvalue weighted by Crippen LogP contribution is 2.14. The number of aromatic nitrogens is 2. The molecule has 0 radical (unpaired) electrons. The van der Waals surface area contributed by atoms with Crippen molar-refractivity contribution in [3.05, 3.63) is 25.0 Å². The Bertz CT molecular complexity index is 513. The van der Waals surface area contributed by atoms with E-state index in [2.05, 4.69) is 17.0 Å². The monoisotopic (exact) mass is 302 g/mol. The molecule has 2 N–H and O–H groups in total. The van der Waals surface area contributed by atoms with Crippen molar-refractivity contribution in [2.45, 2.75) is 18.4 Å². The molecule has 114 valence electrons. The number of hydrogen-bond acceptors (Lipinski definition) is 5. The summed E-state index contributed by atoms with van der Waals surface area (Å²) in [5, 5.41) is 16.1. The van der Waals surface area contributed by atoms with Gasteiger partial charge in [-0.05, 0) is 6.54 Å². The normalized spacial score (nSPS) is 11.9. The van der Waals surface area contributed by atoms with Gasteiger partial charge < -0.3 is 10.4 Å². The van der Waals surface area contributed by atoms with E-state index < -0.39 is 10.0 Å². The standard InChI is InChI=1S/C12H22N4O3S/c1-3-6-16(8-9-17)20(18,19)12-10-14-15(11-12)7-5-13-4-2/h3,10-11,13,17H,1,4-9H2,2H3. The van der Waals surface area contributed by atoms with Crippen molar-refractivity contribution in [3.63, 3.8) is 0 Å². The molecular formula is C12H22N4O3S. The van der Waals surface area contributed by atoms with Crippen LogP contribution in [-0.2, 0) is 16.6 Å². The number of sulfonamides is 1. The Hall–Kier alpha value is -1.22. The molecule has 1 aromatic heterocycles. The van der Waals surface area contributed by atoms with E-state index in [0.29, 0.717) is 6.54 Å². The summed E-state index contributed by atoms with van der Waals surface area (Å²) in [6.45, 7) is 7.68. The van der Waals surface area contributed by atoms with Gasteiger partial charge in [-0.1, -0.05) is 13.0 Å². The molecule has 0 aromatic carbocycles. The molecule has 0 aliphatic rings. The quantitative estimate of drug-likeness (QED) is 0.456. The molecule has 20 heavy (non-hydrogen) atoms. The van der Waals surface area contributed by atoms with Gasteiger partial charge in [0.15, 0.2) is 0 Å². The molecule has 0 aliphatic heterocycles. The average molecular weight is 302 g/mol. The summed E-state index contributed by atoms with van der Waals surface area (Å²) in [7, 11) is -3.64. The number of aliphatic hydroxyl groups excluding tert-OH is 1. The van der Waals surface area contributed by atoms with E-state index in [1.54, 1.807) is 4.68 Å². The summed E-state index contributed by atoms with van der Waals surface area (Å²) >= 11 is 0. The third kappa shape index (κ3) is 4.41. The molecule has 0 amide bonds. The van der Waals surface area contributed by atoms with Gasteiger partial charge in [-0.2, -0.15) is 9.40 Å². The molecule has 0 atom stereocenters. The van der Waals surface area contributed by atoms with Crippen LogP contribution in [0.3, 0.4) is 0 Å². The van der Waals surface area contributed by atoms with E-state index in [-0.39, 0.29) is 24.6 Å². The molecule has 1 heterocycles. The predicted molar refractivity (Wildman–Crippen MR) is 76.8 cm³/mol. The number of nitrogens with zero attached hydrogens (tertiary/aromatic N) is 3. The highest BCUT2D eigenvalue weighted by Gasteiger charge is 2.24. The largest absolute Gasteiger partial charge is 0.395 e. The molecule has 0 spiro atoms. The van der Waals surface area contributed by atoms with Crippen molar-refractivity contribution in [1.29, 1.82) is 0 Å². The van der Waals surface area contributed by atoms with Crippen molar-refractivity contribution >= 4 is 10.0 Å². The van der Waals surface area contributed by atoms with Crippen molar-refractivity contribution in [3.8, 4) is 0 Å². The summed E-state index contributed by atoms with van der Waals surface area (Å²) in [5.41, 5.74) is 0. The lowest BCUT2D eigenvalue weighted by Crippen LogP contribution is -2.33. The van der Waals surface area contributed by atoms with Crippen molar-refractivity contribution in [1.82, 2.24) is 19.4 Å². The van der Waals surface area contributed by atoms with Crippen LogP contribution in [0.2, 0.25) is 0 Å². The van der Waals surface area contributed by atoms with E-state index in [1.807, 2.05) is 6.92 Å². The lowest BCUT2D eigenvalue weighted by Gasteiger charge is -2.18. The zero-order chi connectivity index (χ0) is 15.0. The van der Waals surface area contributed by atoms with Crippen LogP contribution in [0.4, 0.5) is 0 Å².